The number of hydrogen-bond donors (Lipinski definition) is 0. The highest BCUT2D eigenvalue weighted by atomic mass is 35.5. The van der Waals surface area contributed by atoms with E-state index in [4.69, 9.17) is 25.8 Å². The van der Waals surface area contributed by atoms with Gasteiger partial charge in [0.25, 0.3) is 5.56 Å². The molecule has 3 aromatic carbocycles. The molecule has 10 heteroatoms. The van der Waals surface area contributed by atoms with Gasteiger partial charge in [-0.3, -0.25) is 9.36 Å². The molecule has 0 saturated carbocycles. The molecule has 1 aromatic heterocycles. The fourth-order valence-electron chi connectivity index (χ4n) is 4.66. The fourth-order valence-corrected chi connectivity index (χ4v) is 5.92. The van der Waals surface area contributed by atoms with Crippen molar-refractivity contribution in [1.29, 1.82) is 0 Å². The first-order valence-electron chi connectivity index (χ1n) is 13.4. The average molecular weight is 607 g/mol. The Morgan fingerprint density at radius 1 is 1.02 bits per heavy atom. The first kappa shape index (κ1) is 29.3. The highest BCUT2D eigenvalue weighted by Gasteiger charge is 2.33. The lowest BCUT2D eigenvalue weighted by Crippen LogP contribution is -2.39. The maximum absolute atomic E-state index is 14.1. The van der Waals surface area contributed by atoms with E-state index in [-0.39, 0.29) is 24.3 Å². The van der Waals surface area contributed by atoms with Gasteiger partial charge in [0, 0.05) is 5.56 Å². The van der Waals surface area contributed by atoms with E-state index >= 15 is 0 Å². The number of carbonyl (C=O) groups excluding carboxylic acids is 1. The molecule has 42 heavy (non-hydrogen) atoms. The van der Waals surface area contributed by atoms with Crippen molar-refractivity contribution in [2.45, 2.75) is 33.4 Å². The number of esters is 1. The summed E-state index contributed by atoms with van der Waals surface area (Å²) < 4.78 is 32.7. The van der Waals surface area contributed by atoms with Gasteiger partial charge in [-0.1, -0.05) is 53.3 Å². The van der Waals surface area contributed by atoms with Crippen molar-refractivity contribution in [2.24, 2.45) is 4.99 Å². The standard InChI is InChI=1S/C32H28ClFN2O5S/c1-4-39-22-15-11-21(12-16-22)29-28(31(38)40-5-2)19(3)35-32-36(29)30(37)27(42-32)17-20-9-13-23(14-10-20)41-18-24-25(33)7-6-8-26(24)34/h6-17,29H,4-5,18H2,1-3H3/b27-17+/t29-/m1/s1. The molecule has 1 aliphatic heterocycles. The van der Waals surface area contributed by atoms with E-state index < -0.39 is 17.8 Å². The van der Waals surface area contributed by atoms with Gasteiger partial charge in [0.2, 0.25) is 0 Å². The van der Waals surface area contributed by atoms with E-state index in [0.717, 1.165) is 11.1 Å². The van der Waals surface area contributed by atoms with E-state index in [0.29, 0.717) is 43.7 Å². The minimum Gasteiger partial charge on any atom is -0.494 e. The molecule has 0 spiro atoms. The number of benzene rings is 3. The molecule has 0 radical (unpaired) electrons. The first-order chi connectivity index (χ1) is 20.3. The fraction of sp³-hybridized carbons (Fsp3) is 0.219. The zero-order chi connectivity index (χ0) is 29.8. The second-order valence-corrected chi connectivity index (χ2v) is 10.8. The van der Waals surface area contributed by atoms with Crippen molar-refractivity contribution in [3.05, 3.63) is 125 Å². The van der Waals surface area contributed by atoms with Crippen LogP contribution in [0.25, 0.3) is 6.08 Å². The number of thiazole rings is 1. The molecule has 0 aliphatic carbocycles. The maximum atomic E-state index is 14.1. The lowest BCUT2D eigenvalue weighted by Gasteiger charge is -2.24. The number of allylic oxidation sites excluding steroid dienone is 1. The van der Waals surface area contributed by atoms with Gasteiger partial charge in [0.1, 0.15) is 23.9 Å². The van der Waals surface area contributed by atoms with Crippen LogP contribution in [-0.4, -0.2) is 23.8 Å². The number of halogens is 2. The summed E-state index contributed by atoms with van der Waals surface area (Å²) in [5.41, 5.74) is 2.31. The van der Waals surface area contributed by atoms with Crippen LogP contribution in [0.15, 0.2) is 87.8 Å². The van der Waals surface area contributed by atoms with Crippen LogP contribution in [0.2, 0.25) is 5.02 Å². The van der Waals surface area contributed by atoms with Gasteiger partial charge in [-0.2, -0.15) is 0 Å². The van der Waals surface area contributed by atoms with Crippen molar-refractivity contribution in [3.63, 3.8) is 0 Å². The third-order valence-corrected chi connectivity index (χ3v) is 7.98. The molecule has 7 nitrogen and oxygen atoms in total. The molecule has 0 N–H and O–H groups in total. The zero-order valence-electron chi connectivity index (χ0n) is 23.2. The predicted molar refractivity (Wildman–Crippen MR) is 160 cm³/mol. The van der Waals surface area contributed by atoms with Crippen molar-refractivity contribution in [1.82, 2.24) is 4.57 Å². The Hall–Kier alpha value is -4.21. The number of aromatic nitrogens is 1. The van der Waals surface area contributed by atoms with Crippen molar-refractivity contribution in [2.75, 3.05) is 13.2 Å². The zero-order valence-corrected chi connectivity index (χ0v) is 24.8. The summed E-state index contributed by atoms with van der Waals surface area (Å²) >= 11 is 7.33. The molecular weight excluding hydrogens is 579 g/mol. The minimum atomic E-state index is -0.709. The molecule has 0 bridgehead atoms. The number of ether oxygens (including phenoxy) is 3. The molecule has 0 saturated heterocycles. The van der Waals surface area contributed by atoms with Crippen molar-refractivity contribution < 1.29 is 23.4 Å². The van der Waals surface area contributed by atoms with E-state index in [1.54, 1.807) is 60.9 Å². The maximum Gasteiger partial charge on any atom is 0.338 e. The van der Waals surface area contributed by atoms with Crippen LogP contribution in [0.1, 0.15) is 43.5 Å². The smallest absolute Gasteiger partial charge is 0.338 e. The van der Waals surface area contributed by atoms with Crippen LogP contribution in [0, 0.1) is 5.82 Å². The Labute approximate surface area is 250 Å². The van der Waals surface area contributed by atoms with Crippen LogP contribution in [0.3, 0.4) is 0 Å². The van der Waals surface area contributed by atoms with Gasteiger partial charge in [0.05, 0.1) is 40.1 Å². The summed E-state index contributed by atoms with van der Waals surface area (Å²) in [6.07, 6.45) is 1.76. The molecule has 1 atom stereocenters. The quantitative estimate of drug-likeness (QED) is 0.233. The summed E-state index contributed by atoms with van der Waals surface area (Å²) in [5, 5.41) is 0.298. The molecule has 0 unspecified atom stereocenters. The molecule has 5 rings (SSSR count). The van der Waals surface area contributed by atoms with Gasteiger partial charge in [-0.15, -0.1) is 0 Å². The first-order valence-corrected chi connectivity index (χ1v) is 14.6. The third-order valence-electron chi connectivity index (χ3n) is 6.65. The second-order valence-electron chi connectivity index (χ2n) is 9.36. The van der Waals surface area contributed by atoms with E-state index in [9.17, 15) is 14.0 Å². The summed E-state index contributed by atoms with van der Waals surface area (Å²) in [6.45, 7) is 6.09. The topological polar surface area (TPSA) is 79.1 Å². The normalized spacial score (nSPS) is 14.8. The van der Waals surface area contributed by atoms with Gasteiger partial charge < -0.3 is 14.2 Å². The Morgan fingerprint density at radius 2 is 1.71 bits per heavy atom. The van der Waals surface area contributed by atoms with Crippen molar-refractivity contribution in [3.8, 4) is 11.5 Å². The van der Waals surface area contributed by atoms with Crippen LogP contribution in [0.4, 0.5) is 4.39 Å². The highest BCUT2D eigenvalue weighted by Crippen LogP contribution is 2.31. The van der Waals surface area contributed by atoms with Crippen LogP contribution in [0.5, 0.6) is 11.5 Å². The number of rotatable bonds is 9. The predicted octanol–water partition coefficient (Wildman–Crippen LogP) is 5.57. The molecule has 2 heterocycles. The summed E-state index contributed by atoms with van der Waals surface area (Å²) in [7, 11) is 0. The molecule has 1 aliphatic rings. The van der Waals surface area contributed by atoms with E-state index in [2.05, 4.69) is 4.99 Å². The molecular formula is C32H28ClFN2O5S. The molecule has 0 amide bonds. The Balaban J connectivity index is 1.49. The molecule has 4 aromatic rings. The number of fused-ring (bicyclic) bond motifs is 1. The second kappa shape index (κ2) is 12.8. The number of hydrogen-bond acceptors (Lipinski definition) is 7. The third kappa shape index (κ3) is 6.03. The Kier molecular flexibility index (Phi) is 8.89. The number of nitrogens with zero attached hydrogens (tertiary/aromatic N) is 2. The monoisotopic (exact) mass is 606 g/mol. The van der Waals surface area contributed by atoms with E-state index in [1.807, 2.05) is 31.2 Å². The minimum absolute atomic E-state index is 0.0167. The average Bonchev–Trinajstić information content (AvgIpc) is 3.27. The SMILES string of the molecule is CCOC(=O)C1=C(C)N=c2s/c(=C/c3ccc(OCc4c(F)cccc4Cl)cc3)c(=O)n2[C@@H]1c1ccc(OCC)cc1. The van der Waals surface area contributed by atoms with Gasteiger partial charge in [-0.05, 0) is 74.4 Å². The van der Waals surface area contributed by atoms with Crippen LogP contribution in [-0.2, 0) is 16.1 Å². The lowest BCUT2D eigenvalue weighted by atomic mass is 9.96. The van der Waals surface area contributed by atoms with Gasteiger partial charge in [0.15, 0.2) is 4.80 Å². The summed E-state index contributed by atoms with van der Waals surface area (Å²) in [6, 6.07) is 18.2. The molecule has 216 valence electrons. The van der Waals surface area contributed by atoms with Crippen LogP contribution < -0.4 is 24.4 Å². The largest absolute Gasteiger partial charge is 0.494 e. The Bertz CT molecular complexity index is 1810. The van der Waals surface area contributed by atoms with Gasteiger partial charge in [-0.25, -0.2) is 14.2 Å². The van der Waals surface area contributed by atoms with Crippen LogP contribution >= 0.6 is 22.9 Å². The highest BCUT2D eigenvalue weighted by molar-refractivity contribution is 7.07. The number of carbonyl (C=O) groups is 1. The van der Waals surface area contributed by atoms with Gasteiger partial charge >= 0.3 is 5.97 Å². The summed E-state index contributed by atoms with van der Waals surface area (Å²) in [5.74, 6) is 0.271. The summed E-state index contributed by atoms with van der Waals surface area (Å²) in [4.78, 5) is 32.0. The lowest BCUT2D eigenvalue weighted by molar-refractivity contribution is -0.139. The Morgan fingerprint density at radius 3 is 2.38 bits per heavy atom. The van der Waals surface area contributed by atoms with E-state index in [1.165, 1.54) is 17.4 Å². The van der Waals surface area contributed by atoms with Crippen molar-refractivity contribution >= 4 is 35.0 Å². The molecule has 0 fully saturated rings.